The second-order valence-electron chi connectivity index (χ2n) is 2.87. The van der Waals surface area contributed by atoms with E-state index < -0.39 is 23.3 Å². The first kappa shape index (κ1) is 12.2. The Morgan fingerprint density at radius 2 is 1.87 bits per heavy atom. The summed E-state index contributed by atoms with van der Waals surface area (Å²) < 4.78 is 49.6. The van der Waals surface area contributed by atoms with Gasteiger partial charge in [0.25, 0.3) is 0 Å². The van der Waals surface area contributed by atoms with Gasteiger partial charge in [-0.1, -0.05) is 15.9 Å². The van der Waals surface area contributed by atoms with Crippen molar-refractivity contribution in [1.29, 1.82) is 0 Å². The predicted octanol–water partition coefficient (Wildman–Crippen LogP) is 3.81. The Balaban J connectivity index is 3.39. The lowest BCUT2D eigenvalue weighted by atomic mass is 10.1. The molecule has 0 atom stereocenters. The van der Waals surface area contributed by atoms with Crippen molar-refractivity contribution in [2.24, 2.45) is 0 Å². The third-order valence-electron chi connectivity index (χ3n) is 1.74. The molecule has 0 aliphatic heterocycles. The molecule has 0 fully saturated rings. The molecule has 0 bridgehead atoms. The van der Waals surface area contributed by atoms with E-state index in [9.17, 15) is 22.4 Å². The molecule has 1 nitrogen and oxygen atoms in total. The molecule has 0 aromatic heterocycles. The van der Waals surface area contributed by atoms with Crippen LogP contribution in [0.5, 0.6) is 0 Å². The highest BCUT2D eigenvalue weighted by atomic mass is 79.9. The molecule has 0 amide bonds. The molecule has 0 radical (unpaired) electrons. The molecule has 0 aliphatic rings. The summed E-state index contributed by atoms with van der Waals surface area (Å²) in [5.74, 6) is -1.79. The van der Waals surface area contributed by atoms with Crippen LogP contribution < -0.4 is 0 Å². The van der Waals surface area contributed by atoms with E-state index in [0.29, 0.717) is 6.07 Å². The molecule has 0 heterocycles. The van der Waals surface area contributed by atoms with Crippen molar-refractivity contribution in [1.82, 2.24) is 0 Å². The highest BCUT2D eigenvalue weighted by Crippen LogP contribution is 2.36. The summed E-state index contributed by atoms with van der Waals surface area (Å²) in [5, 5.41) is 0. The van der Waals surface area contributed by atoms with Crippen LogP contribution in [0.2, 0.25) is 0 Å². The minimum atomic E-state index is -4.64. The number of Topliss-reactive ketones (excluding diaryl/α,β-unsaturated/α-hetero) is 1. The molecule has 1 rings (SSSR count). The van der Waals surface area contributed by atoms with Gasteiger partial charge in [0.15, 0.2) is 5.78 Å². The number of hydrogen-bond acceptors (Lipinski definition) is 1. The van der Waals surface area contributed by atoms with Gasteiger partial charge < -0.3 is 0 Å². The van der Waals surface area contributed by atoms with Gasteiger partial charge in [-0.25, -0.2) is 4.39 Å². The molecular formula is C9H5BrF4O. The average Bonchev–Trinajstić information content (AvgIpc) is 2.06. The van der Waals surface area contributed by atoms with Gasteiger partial charge in [-0.2, -0.15) is 13.2 Å². The molecular weight excluding hydrogens is 280 g/mol. The zero-order valence-corrected chi connectivity index (χ0v) is 9.04. The van der Waals surface area contributed by atoms with Gasteiger partial charge in [0, 0.05) is 4.47 Å². The topological polar surface area (TPSA) is 17.1 Å². The monoisotopic (exact) mass is 284 g/mol. The maximum Gasteiger partial charge on any atom is 0.417 e. The lowest BCUT2D eigenvalue weighted by molar-refractivity contribution is -0.138. The van der Waals surface area contributed by atoms with Crippen LogP contribution in [-0.2, 0) is 6.18 Å². The first-order valence-corrected chi connectivity index (χ1v) is 4.60. The first-order valence-electron chi connectivity index (χ1n) is 3.80. The van der Waals surface area contributed by atoms with Crippen LogP contribution in [0.15, 0.2) is 16.6 Å². The summed E-state index contributed by atoms with van der Waals surface area (Å²) in [6.07, 6.45) is -4.64. The van der Waals surface area contributed by atoms with Crippen LogP contribution in [0.3, 0.4) is 0 Å². The molecule has 6 heteroatoms. The Morgan fingerprint density at radius 1 is 1.33 bits per heavy atom. The molecule has 15 heavy (non-hydrogen) atoms. The normalized spacial score (nSPS) is 11.6. The van der Waals surface area contributed by atoms with Crippen LogP contribution >= 0.6 is 15.9 Å². The Labute approximate surface area is 91.2 Å². The van der Waals surface area contributed by atoms with Crippen molar-refractivity contribution < 1.29 is 22.4 Å². The SMILES string of the molecule is CC(=O)c1cc(Br)c(C(F)(F)F)cc1F. The van der Waals surface area contributed by atoms with E-state index in [0.717, 1.165) is 13.0 Å². The van der Waals surface area contributed by atoms with Crippen molar-refractivity contribution >= 4 is 21.7 Å². The van der Waals surface area contributed by atoms with E-state index in [2.05, 4.69) is 15.9 Å². The van der Waals surface area contributed by atoms with Crippen molar-refractivity contribution in [3.63, 3.8) is 0 Å². The van der Waals surface area contributed by atoms with E-state index in [1.807, 2.05) is 0 Å². The summed E-state index contributed by atoms with van der Waals surface area (Å²) in [7, 11) is 0. The predicted molar refractivity (Wildman–Crippen MR) is 49.1 cm³/mol. The molecule has 0 aliphatic carbocycles. The van der Waals surface area contributed by atoms with Crippen LogP contribution in [0.25, 0.3) is 0 Å². The maximum absolute atomic E-state index is 13.1. The summed E-state index contributed by atoms with van der Waals surface area (Å²) in [5.41, 5.74) is -1.50. The fourth-order valence-electron chi connectivity index (χ4n) is 1.03. The number of halogens is 5. The van der Waals surface area contributed by atoms with Crippen LogP contribution in [0.1, 0.15) is 22.8 Å². The molecule has 0 spiro atoms. The Kier molecular flexibility index (Phi) is 3.18. The second kappa shape index (κ2) is 3.92. The van der Waals surface area contributed by atoms with E-state index in [-0.39, 0.29) is 10.0 Å². The van der Waals surface area contributed by atoms with Gasteiger partial charge in [0.1, 0.15) is 5.82 Å². The Hall–Kier alpha value is -0.910. The highest BCUT2D eigenvalue weighted by Gasteiger charge is 2.34. The van der Waals surface area contributed by atoms with Crippen LogP contribution in [-0.4, -0.2) is 5.78 Å². The number of hydrogen-bond donors (Lipinski definition) is 0. The lowest BCUT2D eigenvalue weighted by Gasteiger charge is -2.10. The molecule has 82 valence electrons. The van der Waals surface area contributed by atoms with Gasteiger partial charge in [-0.3, -0.25) is 4.79 Å². The van der Waals surface area contributed by atoms with Gasteiger partial charge in [0.05, 0.1) is 11.1 Å². The smallest absolute Gasteiger partial charge is 0.294 e. The molecule has 0 saturated carbocycles. The van der Waals surface area contributed by atoms with E-state index in [1.54, 1.807) is 0 Å². The number of alkyl halides is 3. The first-order chi connectivity index (χ1) is 6.73. The maximum atomic E-state index is 13.1. The van der Waals surface area contributed by atoms with E-state index in [4.69, 9.17) is 0 Å². The van der Waals surface area contributed by atoms with Crippen molar-refractivity contribution in [3.05, 3.63) is 33.5 Å². The van der Waals surface area contributed by atoms with Gasteiger partial charge in [0.2, 0.25) is 0 Å². The average molecular weight is 285 g/mol. The third kappa shape index (κ3) is 2.56. The molecule has 0 N–H and O–H groups in total. The third-order valence-corrected chi connectivity index (χ3v) is 2.40. The van der Waals surface area contributed by atoms with Crippen molar-refractivity contribution in [3.8, 4) is 0 Å². The van der Waals surface area contributed by atoms with Gasteiger partial charge in [-0.15, -0.1) is 0 Å². The summed E-state index contributed by atoms with van der Waals surface area (Å²) in [4.78, 5) is 10.8. The zero-order chi connectivity index (χ0) is 11.8. The van der Waals surface area contributed by atoms with Crippen molar-refractivity contribution in [2.75, 3.05) is 0 Å². The zero-order valence-electron chi connectivity index (χ0n) is 7.45. The minimum Gasteiger partial charge on any atom is -0.294 e. The number of benzene rings is 1. The van der Waals surface area contributed by atoms with Gasteiger partial charge >= 0.3 is 6.18 Å². The minimum absolute atomic E-state index is 0.306. The standard InChI is InChI=1S/C9H5BrF4O/c1-4(15)5-2-7(10)6(3-8(5)11)9(12,13)14/h2-3H,1H3. The number of ketones is 1. The van der Waals surface area contributed by atoms with Crippen molar-refractivity contribution in [2.45, 2.75) is 13.1 Å². The van der Waals surface area contributed by atoms with Crippen LogP contribution in [0.4, 0.5) is 17.6 Å². The Morgan fingerprint density at radius 3 is 2.27 bits per heavy atom. The van der Waals surface area contributed by atoms with E-state index in [1.165, 1.54) is 0 Å². The second-order valence-corrected chi connectivity index (χ2v) is 3.72. The largest absolute Gasteiger partial charge is 0.417 e. The van der Waals surface area contributed by atoms with Gasteiger partial charge in [-0.05, 0) is 19.1 Å². The summed E-state index contributed by atoms with van der Waals surface area (Å²) >= 11 is 2.65. The summed E-state index contributed by atoms with van der Waals surface area (Å²) in [6.45, 7) is 1.08. The quantitative estimate of drug-likeness (QED) is 0.566. The molecule has 1 aromatic rings. The molecule has 0 saturated heterocycles. The van der Waals surface area contributed by atoms with E-state index >= 15 is 0 Å². The highest BCUT2D eigenvalue weighted by molar-refractivity contribution is 9.10. The summed E-state index contributed by atoms with van der Waals surface area (Å²) in [6, 6.07) is 1.14. The lowest BCUT2D eigenvalue weighted by Crippen LogP contribution is -2.09. The number of carbonyl (C=O) groups excluding carboxylic acids is 1. The Bertz CT molecular complexity index is 411. The fourth-order valence-corrected chi connectivity index (χ4v) is 1.60. The fraction of sp³-hybridized carbons (Fsp3) is 0.222. The van der Waals surface area contributed by atoms with Crippen LogP contribution in [0, 0.1) is 5.82 Å². The number of rotatable bonds is 1. The number of carbonyl (C=O) groups is 1. The molecule has 1 aromatic carbocycles. The molecule has 0 unspecified atom stereocenters.